The predicted octanol–water partition coefficient (Wildman–Crippen LogP) is -2.74. The van der Waals surface area contributed by atoms with Gasteiger partial charge in [-0.25, -0.2) is 0 Å². The topological polar surface area (TPSA) is 142 Å². The van der Waals surface area contributed by atoms with E-state index >= 15 is 0 Å². The van der Waals surface area contributed by atoms with Crippen molar-refractivity contribution in [2.75, 3.05) is 11.9 Å². The zero-order valence-electron chi connectivity index (χ0n) is 10.9. The first-order chi connectivity index (χ1) is 9.93. The summed E-state index contributed by atoms with van der Waals surface area (Å²) in [5.41, 5.74) is 0.429. The van der Waals surface area contributed by atoms with Crippen molar-refractivity contribution in [3.8, 4) is 0 Å². The van der Waals surface area contributed by atoms with Gasteiger partial charge in [-0.3, -0.25) is 0 Å². The lowest BCUT2D eigenvalue weighted by molar-refractivity contribution is -0.255. The molecule has 0 aromatic heterocycles. The summed E-state index contributed by atoms with van der Waals surface area (Å²) < 4.78 is 5.26. The fourth-order valence-corrected chi connectivity index (χ4v) is 2.09. The van der Waals surface area contributed by atoms with Crippen molar-refractivity contribution in [3.63, 3.8) is 0 Å². The molecular weight excluding hydrogens is 282 g/mol. The highest BCUT2D eigenvalue weighted by Gasteiger charge is 2.43. The van der Waals surface area contributed by atoms with Gasteiger partial charge in [0.1, 0.15) is 24.4 Å². The van der Waals surface area contributed by atoms with E-state index in [-0.39, 0.29) is 5.56 Å². The number of hydrogen-bond donors (Lipinski definition) is 5. The second kappa shape index (κ2) is 6.37. The molecule has 1 aliphatic heterocycles. The molecule has 8 nitrogen and oxygen atoms in total. The summed E-state index contributed by atoms with van der Waals surface area (Å²) >= 11 is 0. The number of carbonyl (C=O) groups excluding carboxylic acids is 1. The molecule has 8 heteroatoms. The quantitative estimate of drug-likeness (QED) is 0.403. The van der Waals surface area contributed by atoms with Crippen LogP contribution in [0, 0.1) is 0 Å². The Morgan fingerprint density at radius 3 is 2.29 bits per heavy atom. The molecule has 1 aliphatic rings. The second-order valence-corrected chi connectivity index (χ2v) is 4.76. The molecule has 2 rings (SSSR count). The van der Waals surface area contributed by atoms with Crippen molar-refractivity contribution in [3.05, 3.63) is 29.8 Å². The molecule has 0 bridgehead atoms. The normalized spacial score (nSPS) is 32.7. The molecule has 0 aliphatic carbocycles. The van der Waals surface area contributed by atoms with Crippen LogP contribution < -0.4 is 10.4 Å². The van der Waals surface area contributed by atoms with E-state index < -0.39 is 43.2 Å². The maximum absolute atomic E-state index is 10.6. The summed E-state index contributed by atoms with van der Waals surface area (Å²) in [6, 6.07) is 5.49. The third kappa shape index (κ3) is 3.31. The van der Waals surface area contributed by atoms with Crippen LogP contribution in [-0.4, -0.2) is 63.6 Å². The van der Waals surface area contributed by atoms with Crippen LogP contribution in [0.4, 0.5) is 5.69 Å². The van der Waals surface area contributed by atoms with Gasteiger partial charge in [0.2, 0.25) is 0 Å². The van der Waals surface area contributed by atoms with Gasteiger partial charge in [0, 0.05) is 5.69 Å². The van der Waals surface area contributed by atoms with Crippen LogP contribution >= 0.6 is 0 Å². The largest absolute Gasteiger partial charge is 0.545 e. The summed E-state index contributed by atoms with van der Waals surface area (Å²) in [6.45, 7) is -0.521. The standard InChI is InChI=1S/C13H17NO7/c15-5-8-9(16)10(17)11(18)12(21-8)14-7-3-1-6(2-4-7)13(19)20/h1-4,8-12,14-18H,5H2,(H,19,20)/p-1/t8-,9+,10-,11-,12+/m1/s1. The third-order valence-electron chi connectivity index (χ3n) is 3.32. The van der Waals surface area contributed by atoms with Crippen molar-refractivity contribution in [1.29, 1.82) is 0 Å². The van der Waals surface area contributed by atoms with Crippen molar-refractivity contribution < 1.29 is 35.1 Å². The molecule has 5 N–H and O–H groups in total. The molecule has 21 heavy (non-hydrogen) atoms. The molecule has 5 atom stereocenters. The Labute approximate surface area is 120 Å². The minimum absolute atomic E-state index is 0.00523. The van der Waals surface area contributed by atoms with Gasteiger partial charge in [0.25, 0.3) is 0 Å². The first kappa shape index (κ1) is 15.7. The molecular formula is C13H16NO7-. The van der Waals surface area contributed by atoms with Gasteiger partial charge >= 0.3 is 0 Å². The second-order valence-electron chi connectivity index (χ2n) is 4.76. The number of rotatable bonds is 4. The minimum atomic E-state index is -1.48. The molecule has 1 fully saturated rings. The number of benzene rings is 1. The highest BCUT2D eigenvalue weighted by molar-refractivity contribution is 5.86. The number of carbonyl (C=O) groups is 1. The summed E-state index contributed by atoms with van der Waals surface area (Å²) in [6.07, 6.45) is -6.39. The van der Waals surface area contributed by atoms with Crippen LogP contribution in [0.1, 0.15) is 10.4 Å². The highest BCUT2D eigenvalue weighted by atomic mass is 16.6. The summed E-state index contributed by atoms with van der Waals surface area (Å²) in [7, 11) is 0. The Morgan fingerprint density at radius 1 is 1.14 bits per heavy atom. The summed E-state index contributed by atoms with van der Waals surface area (Å²) in [5.74, 6) is -1.31. The number of aliphatic hydroxyl groups is 4. The van der Waals surface area contributed by atoms with Gasteiger partial charge in [0.05, 0.1) is 12.6 Å². The van der Waals surface area contributed by atoms with E-state index in [0.717, 1.165) is 0 Å². The number of carboxylic acid groups (broad SMARTS) is 1. The summed E-state index contributed by atoms with van der Waals surface area (Å²) in [4.78, 5) is 10.6. The van der Waals surface area contributed by atoms with Gasteiger partial charge in [-0.1, -0.05) is 12.1 Å². The molecule has 0 spiro atoms. The van der Waals surface area contributed by atoms with Gasteiger partial charge in [-0.2, -0.15) is 0 Å². The maximum atomic E-state index is 10.6. The number of aliphatic hydroxyl groups excluding tert-OH is 4. The first-order valence-corrected chi connectivity index (χ1v) is 6.32. The van der Waals surface area contributed by atoms with Crippen molar-refractivity contribution in [1.82, 2.24) is 0 Å². The molecule has 1 aromatic rings. The van der Waals surface area contributed by atoms with E-state index in [1.807, 2.05) is 0 Å². The van der Waals surface area contributed by atoms with E-state index in [0.29, 0.717) is 5.69 Å². The fourth-order valence-electron chi connectivity index (χ4n) is 2.09. The smallest absolute Gasteiger partial charge is 0.157 e. The van der Waals surface area contributed by atoms with Crippen LogP contribution in [-0.2, 0) is 4.74 Å². The molecule has 1 aromatic carbocycles. The van der Waals surface area contributed by atoms with Gasteiger partial charge in [-0.15, -0.1) is 0 Å². The molecule has 1 saturated heterocycles. The van der Waals surface area contributed by atoms with E-state index in [1.54, 1.807) is 0 Å². The molecule has 1 heterocycles. The lowest BCUT2D eigenvalue weighted by atomic mass is 9.98. The number of hydrogen-bond acceptors (Lipinski definition) is 8. The number of ether oxygens (including phenoxy) is 1. The zero-order valence-corrected chi connectivity index (χ0v) is 10.9. The Balaban J connectivity index is 2.08. The average molecular weight is 298 g/mol. The molecule has 0 radical (unpaired) electrons. The summed E-state index contributed by atoms with van der Waals surface area (Å²) in [5, 5.41) is 51.6. The molecule has 0 saturated carbocycles. The third-order valence-corrected chi connectivity index (χ3v) is 3.32. The number of anilines is 1. The molecule has 0 unspecified atom stereocenters. The Kier molecular flexibility index (Phi) is 4.76. The Bertz CT molecular complexity index is 490. The SMILES string of the molecule is O=C([O-])c1ccc(N[C@H]2O[C@H](CO)[C@H](O)[C@@H](O)[C@H]2O)cc1. The van der Waals surface area contributed by atoms with Crippen LogP contribution in [0.15, 0.2) is 24.3 Å². The van der Waals surface area contributed by atoms with Gasteiger partial charge < -0.3 is 40.4 Å². The van der Waals surface area contributed by atoms with Crippen molar-refractivity contribution in [2.45, 2.75) is 30.6 Å². The molecule has 116 valence electrons. The average Bonchev–Trinajstić information content (AvgIpc) is 2.48. The first-order valence-electron chi connectivity index (χ1n) is 6.32. The van der Waals surface area contributed by atoms with Crippen molar-refractivity contribution in [2.24, 2.45) is 0 Å². The van der Waals surface area contributed by atoms with Gasteiger partial charge in [-0.05, 0) is 17.7 Å². The van der Waals surface area contributed by atoms with E-state index in [1.165, 1.54) is 24.3 Å². The number of nitrogens with one attached hydrogen (secondary N) is 1. The van der Waals surface area contributed by atoms with E-state index in [4.69, 9.17) is 9.84 Å². The highest BCUT2D eigenvalue weighted by Crippen LogP contribution is 2.23. The maximum Gasteiger partial charge on any atom is 0.157 e. The Hall–Kier alpha value is -1.71. The fraction of sp³-hybridized carbons (Fsp3) is 0.462. The van der Waals surface area contributed by atoms with E-state index in [9.17, 15) is 25.2 Å². The predicted molar refractivity (Wildman–Crippen MR) is 68.2 cm³/mol. The van der Waals surface area contributed by atoms with Crippen LogP contribution in [0.2, 0.25) is 0 Å². The van der Waals surface area contributed by atoms with Crippen LogP contribution in [0.5, 0.6) is 0 Å². The number of aromatic carboxylic acids is 1. The lowest BCUT2D eigenvalue weighted by Gasteiger charge is -2.40. The van der Waals surface area contributed by atoms with E-state index in [2.05, 4.69) is 5.32 Å². The van der Waals surface area contributed by atoms with Gasteiger partial charge in [0.15, 0.2) is 6.23 Å². The minimum Gasteiger partial charge on any atom is -0.545 e. The monoisotopic (exact) mass is 298 g/mol. The number of carboxylic acids is 1. The Morgan fingerprint density at radius 2 is 1.76 bits per heavy atom. The molecule has 0 amide bonds. The lowest BCUT2D eigenvalue weighted by Crippen LogP contribution is -2.60. The van der Waals surface area contributed by atoms with Crippen LogP contribution in [0.25, 0.3) is 0 Å². The zero-order chi connectivity index (χ0) is 15.6. The van der Waals surface area contributed by atoms with Crippen molar-refractivity contribution >= 4 is 11.7 Å². The van der Waals surface area contributed by atoms with Crippen LogP contribution in [0.3, 0.4) is 0 Å².